The molecular weight excluding hydrogens is 382 g/mol. The third-order valence-electron chi connectivity index (χ3n) is 2.75. The quantitative estimate of drug-likeness (QED) is 0.565. The van der Waals surface area contributed by atoms with Gasteiger partial charge in [0.15, 0.2) is 0 Å². The molecule has 0 atom stereocenters. The second-order valence-corrected chi connectivity index (χ2v) is 10.5. The molecule has 0 aromatic heterocycles. The molecule has 0 radical (unpaired) electrons. The van der Waals surface area contributed by atoms with E-state index in [9.17, 15) is 9.59 Å². The fourth-order valence-corrected chi connectivity index (χ4v) is 9.08. The summed E-state index contributed by atoms with van der Waals surface area (Å²) in [6.45, 7) is 3.21. The molecule has 2 nitrogen and oxygen atoms in total. The maximum absolute atomic E-state index is 11.6. The molecule has 0 saturated heterocycles. The van der Waals surface area contributed by atoms with Gasteiger partial charge < -0.3 is 0 Å². The van der Waals surface area contributed by atoms with E-state index in [2.05, 4.69) is 0 Å². The average molecular weight is 396 g/mol. The molecule has 102 valence electrons. The van der Waals surface area contributed by atoms with Gasteiger partial charge in [-0.15, -0.1) is 0 Å². The van der Waals surface area contributed by atoms with Crippen LogP contribution in [0.1, 0.15) is 34.6 Å². The molecule has 4 heteroatoms. The molecule has 0 saturated carbocycles. The molecule has 0 amide bonds. The Kier molecular flexibility index (Phi) is 5.33. The van der Waals surface area contributed by atoms with Crippen molar-refractivity contribution in [2.45, 2.75) is 13.8 Å². The zero-order valence-corrected chi connectivity index (χ0v) is 14.7. The number of rotatable bonds is 5. The van der Waals surface area contributed by atoms with Crippen molar-refractivity contribution in [1.29, 1.82) is 0 Å². The van der Waals surface area contributed by atoms with E-state index in [4.69, 9.17) is 0 Å². The Balaban J connectivity index is 2.22. The van der Waals surface area contributed by atoms with E-state index in [0.717, 1.165) is 20.1 Å². The Hall–Kier alpha value is -1.18. The van der Waals surface area contributed by atoms with Crippen molar-refractivity contribution < 1.29 is 9.59 Å². The minimum absolute atomic E-state index is 0.109. The van der Waals surface area contributed by atoms with Gasteiger partial charge in [0, 0.05) is 0 Å². The Morgan fingerprint density at radius 2 is 1.05 bits per heavy atom. The summed E-state index contributed by atoms with van der Waals surface area (Å²) in [4.78, 5) is 23.2. The second kappa shape index (κ2) is 7.01. The third-order valence-corrected chi connectivity index (χ3v) is 10.00. The van der Waals surface area contributed by atoms with Gasteiger partial charge in [0.2, 0.25) is 0 Å². The van der Waals surface area contributed by atoms with Crippen LogP contribution in [0.15, 0.2) is 48.5 Å². The first-order chi connectivity index (χ1) is 9.59. The molecule has 0 fully saturated rings. The molecule has 2 aromatic rings. The summed E-state index contributed by atoms with van der Waals surface area (Å²) in [6, 6.07) is 15.5. The first-order valence-corrected chi connectivity index (χ1v) is 12.2. The average Bonchev–Trinajstić information content (AvgIpc) is 2.45. The summed E-state index contributed by atoms with van der Waals surface area (Å²) in [7, 11) is 0. The number of carbonyl (C=O) groups is 2. The summed E-state index contributed by atoms with van der Waals surface area (Å²) in [6.07, 6.45) is 0. The first-order valence-electron chi connectivity index (χ1n) is 6.14. The van der Waals surface area contributed by atoms with Crippen LogP contribution >= 0.6 is 0 Å². The zero-order chi connectivity index (χ0) is 14.5. The van der Waals surface area contributed by atoms with E-state index in [-0.39, 0.29) is 37.8 Å². The van der Waals surface area contributed by atoms with Crippen molar-refractivity contribution in [1.82, 2.24) is 0 Å². The van der Waals surface area contributed by atoms with Gasteiger partial charge in [-0.2, -0.15) is 0 Å². The van der Waals surface area contributed by atoms with Crippen LogP contribution in [-0.2, 0) is 0 Å². The molecular formula is C16H14O2Se2. The van der Waals surface area contributed by atoms with E-state index in [1.807, 2.05) is 48.5 Å². The third kappa shape index (κ3) is 3.68. The van der Waals surface area contributed by atoms with Crippen molar-refractivity contribution in [2.75, 3.05) is 0 Å². The Bertz CT molecular complexity index is 593. The number of carbonyl (C=O) groups excluding carboxylic acids is 2. The van der Waals surface area contributed by atoms with Gasteiger partial charge in [0.1, 0.15) is 0 Å². The molecule has 0 bridgehead atoms. The molecule has 0 unspecified atom stereocenters. The number of hydrogen-bond donors (Lipinski definition) is 0. The van der Waals surface area contributed by atoms with Crippen molar-refractivity contribution in [3.05, 3.63) is 59.7 Å². The Morgan fingerprint density at radius 3 is 1.40 bits per heavy atom. The van der Waals surface area contributed by atoms with Crippen molar-refractivity contribution >= 4 is 46.8 Å². The minimum atomic E-state index is 0.109. The van der Waals surface area contributed by atoms with Gasteiger partial charge in [-0.25, -0.2) is 0 Å². The van der Waals surface area contributed by atoms with Gasteiger partial charge in [0.05, 0.1) is 0 Å². The summed E-state index contributed by atoms with van der Waals surface area (Å²) >= 11 is 0.418. The van der Waals surface area contributed by atoms with Gasteiger partial charge in [-0.3, -0.25) is 0 Å². The van der Waals surface area contributed by atoms with Crippen molar-refractivity contribution in [3.8, 4) is 0 Å². The van der Waals surface area contributed by atoms with Gasteiger partial charge in [-0.05, 0) is 0 Å². The Labute approximate surface area is 129 Å². The van der Waals surface area contributed by atoms with Gasteiger partial charge in [-0.1, -0.05) is 0 Å². The molecule has 0 heterocycles. The molecule has 0 aliphatic rings. The fraction of sp³-hybridized carbons (Fsp3) is 0.125. The normalized spacial score (nSPS) is 10.3. The molecule has 0 aliphatic heterocycles. The SMILES string of the molecule is CC(=O)c1ccccc1[Se][Se]c1ccccc1C(C)=O. The summed E-state index contributed by atoms with van der Waals surface area (Å²) in [5.74, 6) is 0.219. The summed E-state index contributed by atoms with van der Waals surface area (Å²) in [5, 5.41) is 0. The number of ketones is 2. The number of Topliss-reactive ketones (excluding diaryl/α,β-unsaturated/α-hetero) is 2. The molecule has 0 spiro atoms. The van der Waals surface area contributed by atoms with Crippen LogP contribution in [0.5, 0.6) is 0 Å². The summed E-state index contributed by atoms with van der Waals surface area (Å²) < 4.78 is 2.26. The maximum atomic E-state index is 11.6. The topological polar surface area (TPSA) is 34.1 Å². The van der Waals surface area contributed by atoms with E-state index in [0.29, 0.717) is 0 Å². The molecule has 0 N–H and O–H groups in total. The fourth-order valence-electron chi connectivity index (χ4n) is 1.75. The monoisotopic (exact) mass is 398 g/mol. The van der Waals surface area contributed by atoms with Crippen LogP contribution < -0.4 is 8.92 Å². The van der Waals surface area contributed by atoms with E-state index in [1.54, 1.807) is 13.8 Å². The van der Waals surface area contributed by atoms with Gasteiger partial charge in [0.25, 0.3) is 0 Å². The first kappa shape index (κ1) is 15.2. The predicted octanol–water partition coefficient (Wildman–Crippen LogP) is 1.37. The molecule has 0 aliphatic carbocycles. The molecule has 20 heavy (non-hydrogen) atoms. The van der Waals surface area contributed by atoms with E-state index >= 15 is 0 Å². The zero-order valence-electron chi connectivity index (χ0n) is 11.3. The van der Waals surface area contributed by atoms with Crippen LogP contribution in [-0.4, -0.2) is 37.8 Å². The number of hydrogen-bond acceptors (Lipinski definition) is 2. The van der Waals surface area contributed by atoms with Crippen LogP contribution in [0.3, 0.4) is 0 Å². The van der Waals surface area contributed by atoms with Crippen LogP contribution in [0.2, 0.25) is 0 Å². The standard InChI is InChI=1S/C16H14O2Se2/c1-11(17)13-7-3-5-9-15(13)19-20-16-10-6-4-8-14(16)12(2)18/h3-10H,1-2H3. The predicted molar refractivity (Wildman–Crippen MR) is 83.7 cm³/mol. The van der Waals surface area contributed by atoms with Crippen LogP contribution in [0.25, 0.3) is 0 Å². The van der Waals surface area contributed by atoms with Crippen molar-refractivity contribution in [3.63, 3.8) is 0 Å². The molecule has 2 aromatic carbocycles. The van der Waals surface area contributed by atoms with Crippen LogP contribution in [0.4, 0.5) is 0 Å². The second-order valence-electron chi connectivity index (χ2n) is 4.27. The van der Waals surface area contributed by atoms with E-state index in [1.165, 1.54) is 0 Å². The number of benzene rings is 2. The van der Waals surface area contributed by atoms with Crippen molar-refractivity contribution in [2.24, 2.45) is 0 Å². The van der Waals surface area contributed by atoms with Crippen LogP contribution in [0, 0.1) is 0 Å². The summed E-state index contributed by atoms with van der Waals surface area (Å²) in [5.41, 5.74) is 1.63. The Morgan fingerprint density at radius 1 is 0.700 bits per heavy atom. The van der Waals surface area contributed by atoms with Gasteiger partial charge >= 0.3 is 130 Å². The van der Waals surface area contributed by atoms with E-state index < -0.39 is 0 Å². The molecule has 2 rings (SSSR count).